The van der Waals surface area contributed by atoms with Gasteiger partial charge in [0.1, 0.15) is 11.6 Å². The quantitative estimate of drug-likeness (QED) is 0.567. The summed E-state index contributed by atoms with van der Waals surface area (Å²) in [5.74, 6) is 0.649. The van der Waals surface area contributed by atoms with E-state index in [0.717, 1.165) is 78.9 Å². The zero-order chi connectivity index (χ0) is 21.9. The molecule has 0 bridgehead atoms. The lowest BCUT2D eigenvalue weighted by Gasteiger charge is -2.36. The smallest absolute Gasteiger partial charge is 0.251 e. The highest BCUT2D eigenvalue weighted by Crippen LogP contribution is 2.28. The minimum Gasteiger partial charge on any atom is -0.494 e. The molecule has 2 aliphatic heterocycles. The Bertz CT molecular complexity index is 1130. The molecule has 3 aromatic carbocycles. The van der Waals surface area contributed by atoms with Gasteiger partial charge in [0.15, 0.2) is 0 Å². The first-order valence-electron chi connectivity index (χ1n) is 11.4. The third-order valence-corrected chi connectivity index (χ3v) is 6.43. The zero-order valence-corrected chi connectivity index (χ0v) is 18.1. The van der Waals surface area contributed by atoms with Crippen LogP contribution in [-0.4, -0.2) is 50.1 Å². The van der Waals surface area contributed by atoms with Crippen LogP contribution in [0.15, 0.2) is 54.6 Å². The number of unbranched alkanes of at least 4 members (excludes halogenated alkanes) is 1. The van der Waals surface area contributed by atoms with E-state index in [-0.39, 0.29) is 11.7 Å². The average Bonchev–Trinajstić information content (AvgIpc) is 3.19. The second kappa shape index (κ2) is 9.17. The average molecular weight is 434 g/mol. The second-order valence-corrected chi connectivity index (χ2v) is 8.53. The van der Waals surface area contributed by atoms with Gasteiger partial charge in [0.05, 0.1) is 6.61 Å². The Hall–Kier alpha value is -3.12. The summed E-state index contributed by atoms with van der Waals surface area (Å²) in [6.45, 7) is 6.26. The predicted molar refractivity (Wildman–Crippen MR) is 125 cm³/mol. The highest BCUT2D eigenvalue weighted by atomic mass is 19.1. The molecule has 0 spiro atoms. The maximum atomic E-state index is 13.8. The summed E-state index contributed by atoms with van der Waals surface area (Å²) in [6, 6.07) is 16.9. The molecule has 0 radical (unpaired) electrons. The van der Waals surface area contributed by atoms with Crippen molar-refractivity contribution in [1.82, 2.24) is 10.2 Å². The summed E-state index contributed by atoms with van der Waals surface area (Å²) in [5.41, 5.74) is 2.89. The van der Waals surface area contributed by atoms with E-state index in [1.807, 2.05) is 30.3 Å². The Labute approximate surface area is 187 Å². The molecule has 3 aromatic rings. The van der Waals surface area contributed by atoms with Crippen molar-refractivity contribution >= 4 is 22.4 Å². The Kier molecular flexibility index (Phi) is 5.95. The Balaban J connectivity index is 1.06. The van der Waals surface area contributed by atoms with Crippen LogP contribution < -0.4 is 15.0 Å². The number of nitrogens with zero attached hydrogens (tertiary/aromatic N) is 2. The largest absolute Gasteiger partial charge is 0.494 e. The van der Waals surface area contributed by atoms with Crippen LogP contribution in [0.25, 0.3) is 10.8 Å². The number of ether oxygens (including phenoxy) is 1. The lowest BCUT2D eigenvalue weighted by atomic mass is 10.1. The summed E-state index contributed by atoms with van der Waals surface area (Å²) in [5, 5.41) is 4.90. The van der Waals surface area contributed by atoms with Gasteiger partial charge in [-0.2, -0.15) is 0 Å². The third-order valence-electron chi connectivity index (χ3n) is 6.43. The molecule has 0 atom stereocenters. The molecular weight excluding hydrogens is 405 g/mol. The van der Waals surface area contributed by atoms with Crippen molar-refractivity contribution in [2.24, 2.45) is 0 Å². The van der Waals surface area contributed by atoms with Crippen molar-refractivity contribution < 1.29 is 13.9 Å². The highest BCUT2D eigenvalue weighted by molar-refractivity contribution is 5.98. The molecule has 1 amide bonds. The van der Waals surface area contributed by atoms with Gasteiger partial charge in [-0.15, -0.1) is 0 Å². The van der Waals surface area contributed by atoms with E-state index in [4.69, 9.17) is 4.74 Å². The van der Waals surface area contributed by atoms with Gasteiger partial charge in [0.25, 0.3) is 5.91 Å². The van der Waals surface area contributed by atoms with Gasteiger partial charge in [-0.05, 0) is 66.7 Å². The molecule has 5 nitrogen and oxygen atoms in total. The molecule has 1 fully saturated rings. The van der Waals surface area contributed by atoms with E-state index in [0.29, 0.717) is 13.2 Å². The van der Waals surface area contributed by atoms with Gasteiger partial charge in [-0.3, -0.25) is 9.69 Å². The first-order valence-corrected chi connectivity index (χ1v) is 11.4. The van der Waals surface area contributed by atoms with Gasteiger partial charge in [-0.1, -0.05) is 18.2 Å². The number of piperazine rings is 1. The number of anilines is 1. The maximum absolute atomic E-state index is 13.8. The number of carbonyl (C=O) groups is 1. The van der Waals surface area contributed by atoms with E-state index in [1.54, 1.807) is 6.07 Å². The van der Waals surface area contributed by atoms with Gasteiger partial charge in [0.2, 0.25) is 0 Å². The van der Waals surface area contributed by atoms with Crippen LogP contribution in [0, 0.1) is 5.82 Å². The van der Waals surface area contributed by atoms with Crippen molar-refractivity contribution in [3.05, 3.63) is 71.5 Å². The maximum Gasteiger partial charge on any atom is 0.251 e. The molecule has 166 valence electrons. The van der Waals surface area contributed by atoms with E-state index in [2.05, 4.69) is 27.2 Å². The lowest BCUT2D eigenvalue weighted by molar-refractivity contribution is 0.0965. The topological polar surface area (TPSA) is 44.8 Å². The fourth-order valence-electron chi connectivity index (χ4n) is 4.64. The number of amides is 1. The molecule has 0 aliphatic carbocycles. The molecule has 32 heavy (non-hydrogen) atoms. The number of fused-ring (bicyclic) bond motifs is 2. The van der Waals surface area contributed by atoms with Crippen molar-refractivity contribution in [3.63, 3.8) is 0 Å². The first-order chi connectivity index (χ1) is 15.7. The fourth-order valence-corrected chi connectivity index (χ4v) is 4.64. The number of carbonyl (C=O) groups excluding carboxylic acids is 1. The van der Waals surface area contributed by atoms with Crippen molar-refractivity contribution in [2.45, 2.75) is 19.4 Å². The normalized spacial score (nSPS) is 16.3. The zero-order valence-electron chi connectivity index (χ0n) is 18.1. The lowest BCUT2D eigenvalue weighted by Crippen LogP contribution is -2.46. The molecule has 0 saturated carbocycles. The molecule has 1 N–H and O–H groups in total. The first kappa shape index (κ1) is 20.8. The predicted octanol–water partition coefficient (Wildman–Crippen LogP) is 4.20. The second-order valence-electron chi connectivity index (χ2n) is 8.53. The number of hydrogen-bond acceptors (Lipinski definition) is 4. The molecule has 2 heterocycles. The Morgan fingerprint density at radius 1 is 0.969 bits per heavy atom. The van der Waals surface area contributed by atoms with Gasteiger partial charge < -0.3 is 15.0 Å². The van der Waals surface area contributed by atoms with Gasteiger partial charge in [-0.25, -0.2) is 4.39 Å². The van der Waals surface area contributed by atoms with Crippen LogP contribution in [0.1, 0.15) is 28.8 Å². The summed E-state index contributed by atoms with van der Waals surface area (Å²) >= 11 is 0. The van der Waals surface area contributed by atoms with Crippen LogP contribution in [0.3, 0.4) is 0 Å². The van der Waals surface area contributed by atoms with E-state index in [1.165, 1.54) is 6.07 Å². The fraction of sp³-hybridized carbons (Fsp3) is 0.346. The van der Waals surface area contributed by atoms with Crippen molar-refractivity contribution in [1.29, 1.82) is 0 Å². The number of rotatable bonds is 7. The molecule has 0 aromatic heterocycles. The Morgan fingerprint density at radius 3 is 2.72 bits per heavy atom. The molecular formula is C26H28FN3O2. The highest BCUT2D eigenvalue weighted by Gasteiger charge is 2.20. The van der Waals surface area contributed by atoms with Crippen molar-refractivity contribution in [2.75, 3.05) is 44.2 Å². The number of nitrogens with one attached hydrogen (secondary N) is 1. The van der Waals surface area contributed by atoms with E-state index < -0.39 is 0 Å². The number of halogens is 1. The van der Waals surface area contributed by atoms with Crippen LogP contribution in [-0.2, 0) is 6.54 Å². The van der Waals surface area contributed by atoms with Gasteiger partial charge in [0, 0.05) is 49.4 Å². The molecule has 6 heteroatoms. The van der Waals surface area contributed by atoms with Crippen LogP contribution in [0.4, 0.5) is 10.1 Å². The summed E-state index contributed by atoms with van der Waals surface area (Å²) < 4.78 is 19.7. The van der Waals surface area contributed by atoms with E-state index >= 15 is 0 Å². The van der Waals surface area contributed by atoms with Crippen LogP contribution in [0.5, 0.6) is 5.75 Å². The molecule has 2 aliphatic rings. The summed E-state index contributed by atoms with van der Waals surface area (Å²) in [6.07, 6.45) is 2.08. The third kappa shape index (κ3) is 4.41. The standard InChI is InChI=1S/C26H28FN3O2/c27-21-7-6-19-4-3-5-25(24(19)17-21)30-13-11-29(12-14-30)10-1-2-15-32-22-8-9-23-20(16-22)18-28-26(23)31/h3-9,16-17H,1-2,10-15,18H2,(H,28,31). The van der Waals surface area contributed by atoms with Crippen molar-refractivity contribution in [3.8, 4) is 5.75 Å². The molecule has 1 saturated heterocycles. The monoisotopic (exact) mass is 433 g/mol. The summed E-state index contributed by atoms with van der Waals surface area (Å²) in [7, 11) is 0. The Morgan fingerprint density at radius 2 is 1.84 bits per heavy atom. The molecule has 0 unspecified atom stereocenters. The number of hydrogen-bond donors (Lipinski definition) is 1. The van der Waals surface area contributed by atoms with E-state index in [9.17, 15) is 9.18 Å². The van der Waals surface area contributed by atoms with Crippen LogP contribution >= 0.6 is 0 Å². The SMILES string of the molecule is O=C1NCc2cc(OCCCCN3CCN(c4cccc5ccc(F)cc45)CC3)ccc21. The number of benzene rings is 3. The minimum absolute atomic E-state index is 0.000683. The van der Waals surface area contributed by atoms with Crippen LogP contribution in [0.2, 0.25) is 0 Å². The minimum atomic E-state index is -0.184. The summed E-state index contributed by atoms with van der Waals surface area (Å²) in [4.78, 5) is 16.5. The van der Waals surface area contributed by atoms with Gasteiger partial charge >= 0.3 is 0 Å². The molecule has 5 rings (SSSR count).